The lowest BCUT2D eigenvalue weighted by Gasteiger charge is -2.48. The Kier molecular flexibility index (Phi) is 1.93. The van der Waals surface area contributed by atoms with Crippen molar-refractivity contribution in [3.05, 3.63) is 0 Å². The Morgan fingerprint density at radius 1 is 1.12 bits per heavy atom. The fourth-order valence-corrected chi connectivity index (χ4v) is 3.49. The quantitative estimate of drug-likeness (QED) is 0.684. The van der Waals surface area contributed by atoms with Crippen molar-refractivity contribution in [2.45, 2.75) is 40.0 Å². The topological polar surface area (TPSA) is 71.4 Å². The average molecular weight is 224 g/mol. The zero-order chi connectivity index (χ0) is 12.4. The number of carbonyl (C=O) groups is 3. The van der Waals surface area contributed by atoms with Crippen LogP contribution in [-0.2, 0) is 14.4 Å². The normalized spacial score (nSPS) is 41.2. The molecular formula is C12H16O4. The summed E-state index contributed by atoms with van der Waals surface area (Å²) >= 11 is 0. The molecule has 4 heteroatoms. The van der Waals surface area contributed by atoms with E-state index in [4.69, 9.17) is 0 Å². The van der Waals surface area contributed by atoms with Crippen LogP contribution in [0.2, 0.25) is 0 Å². The van der Waals surface area contributed by atoms with Gasteiger partial charge in [-0.1, -0.05) is 20.8 Å². The van der Waals surface area contributed by atoms with Gasteiger partial charge in [-0.25, -0.2) is 0 Å². The predicted molar refractivity (Wildman–Crippen MR) is 55.8 cm³/mol. The van der Waals surface area contributed by atoms with E-state index in [0.29, 0.717) is 6.42 Å². The third kappa shape index (κ3) is 0.851. The summed E-state index contributed by atoms with van der Waals surface area (Å²) in [6, 6.07) is 0. The molecule has 88 valence electrons. The summed E-state index contributed by atoms with van der Waals surface area (Å²) in [4.78, 5) is 35.4. The van der Waals surface area contributed by atoms with Crippen molar-refractivity contribution >= 4 is 17.5 Å². The van der Waals surface area contributed by atoms with Crippen molar-refractivity contribution in [1.82, 2.24) is 0 Å². The summed E-state index contributed by atoms with van der Waals surface area (Å²) < 4.78 is 0. The van der Waals surface area contributed by atoms with Gasteiger partial charge >= 0.3 is 5.97 Å². The Hall–Kier alpha value is -1.19. The van der Waals surface area contributed by atoms with Gasteiger partial charge in [0.2, 0.25) is 0 Å². The molecule has 0 amide bonds. The van der Waals surface area contributed by atoms with E-state index in [1.165, 1.54) is 0 Å². The zero-order valence-corrected chi connectivity index (χ0v) is 9.79. The number of Topliss-reactive ketones (excluding diaryl/α,β-unsaturated/α-hetero) is 2. The molecule has 0 aliphatic heterocycles. The third-order valence-corrected chi connectivity index (χ3v) is 5.22. The Morgan fingerprint density at radius 3 is 2.19 bits per heavy atom. The minimum Gasteiger partial charge on any atom is -0.480 e. The second-order valence-electron chi connectivity index (χ2n) is 5.69. The Balaban J connectivity index is 2.69. The van der Waals surface area contributed by atoms with Gasteiger partial charge in [0.05, 0.1) is 6.42 Å². The first-order chi connectivity index (χ1) is 7.20. The summed E-state index contributed by atoms with van der Waals surface area (Å²) in [5.41, 5.74) is -2.81. The molecular weight excluding hydrogens is 208 g/mol. The SMILES string of the molecule is CC1(C)[C@]2(C(=O)O)CC[C@@]1(C)C(=O)CC2=O. The molecule has 0 aromatic rings. The van der Waals surface area contributed by atoms with Crippen molar-refractivity contribution in [3.8, 4) is 0 Å². The van der Waals surface area contributed by atoms with Crippen molar-refractivity contribution in [2.75, 3.05) is 0 Å². The molecule has 0 spiro atoms. The molecule has 2 aliphatic rings. The minimum atomic E-state index is -1.35. The van der Waals surface area contributed by atoms with Gasteiger partial charge in [0.15, 0.2) is 5.78 Å². The maximum Gasteiger partial charge on any atom is 0.317 e. The molecule has 1 N–H and O–H groups in total. The summed E-state index contributed by atoms with van der Waals surface area (Å²) in [5.74, 6) is -1.58. The van der Waals surface area contributed by atoms with Gasteiger partial charge in [-0.3, -0.25) is 14.4 Å². The monoisotopic (exact) mass is 224 g/mol. The molecule has 2 fully saturated rings. The molecule has 0 heterocycles. The van der Waals surface area contributed by atoms with Crippen molar-refractivity contribution in [1.29, 1.82) is 0 Å². The standard InChI is InChI=1S/C12H16O4/c1-10(2)11(3)4-5-12(10,9(15)16)8(14)6-7(11)13/h4-6H2,1-3H3,(H,15,16)/t11-,12+/m0/s1. The number of hydrogen-bond acceptors (Lipinski definition) is 3. The average Bonchev–Trinajstić information content (AvgIpc) is 2.29. The predicted octanol–water partition coefficient (Wildman–Crippen LogP) is 1.43. The van der Waals surface area contributed by atoms with E-state index in [1.54, 1.807) is 20.8 Å². The van der Waals surface area contributed by atoms with Crippen LogP contribution in [0.1, 0.15) is 40.0 Å². The highest BCUT2D eigenvalue weighted by Gasteiger charge is 2.73. The molecule has 0 saturated heterocycles. The van der Waals surface area contributed by atoms with Crippen LogP contribution < -0.4 is 0 Å². The van der Waals surface area contributed by atoms with Crippen LogP contribution in [0.15, 0.2) is 0 Å². The number of fused-ring (bicyclic) bond motifs is 2. The molecule has 2 bridgehead atoms. The lowest BCUT2D eigenvalue weighted by molar-refractivity contribution is -0.171. The van der Waals surface area contributed by atoms with Crippen LogP contribution in [0, 0.1) is 16.2 Å². The van der Waals surface area contributed by atoms with Gasteiger partial charge in [0.1, 0.15) is 11.2 Å². The summed E-state index contributed by atoms with van der Waals surface area (Å²) in [5, 5.41) is 9.39. The Morgan fingerprint density at radius 2 is 1.69 bits per heavy atom. The smallest absolute Gasteiger partial charge is 0.317 e. The summed E-state index contributed by atoms with van der Waals surface area (Å²) in [7, 11) is 0. The van der Waals surface area contributed by atoms with Crippen molar-refractivity contribution in [2.24, 2.45) is 16.2 Å². The lowest BCUT2D eigenvalue weighted by atomic mass is 9.51. The van der Waals surface area contributed by atoms with Gasteiger partial charge in [-0.15, -0.1) is 0 Å². The summed E-state index contributed by atoms with van der Waals surface area (Å²) in [6.45, 7) is 5.28. The molecule has 0 unspecified atom stereocenters. The first-order valence-electron chi connectivity index (χ1n) is 5.50. The van der Waals surface area contributed by atoms with E-state index >= 15 is 0 Å². The van der Waals surface area contributed by atoms with E-state index in [1.807, 2.05) is 0 Å². The van der Waals surface area contributed by atoms with Gasteiger partial charge in [-0.05, 0) is 12.8 Å². The first kappa shape index (κ1) is 11.3. The number of rotatable bonds is 1. The van der Waals surface area contributed by atoms with Crippen LogP contribution in [-0.4, -0.2) is 22.6 Å². The van der Waals surface area contributed by atoms with E-state index in [0.717, 1.165) is 0 Å². The number of hydrogen-bond donors (Lipinski definition) is 1. The molecule has 2 atom stereocenters. The maximum absolute atomic E-state index is 12.0. The Labute approximate surface area is 94.0 Å². The fraction of sp³-hybridized carbons (Fsp3) is 0.750. The molecule has 0 aromatic carbocycles. The molecule has 0 aromatic heterocycles. The largest absolute Gasteiger partial charge is 0.480 e. The molecule has 2 saturated carbocycles. The third-order valence-electron chi connectivity index (χ3n) is 5.22. The molecule has 2 aliphatic carbocycles. The molecule has 16 heavy (non-hydrogen) atoms. The van der Waals surface area contributed by atoms with E-state index in [2.05, 4.69) is 0 Å². The second kappa shape index (κ2) is 2.73. The highest BCUT2D eigenvalue weighted by Crippen LogP contribution is 2.66. The molecule has 4 nitrogen and oxygen atoms in total. The van der Waals surface area contributed by atoms with E-state index in [9.17, 15) is 19.5 Å². The van der Waals surface area contributed by atoms with Gasteiger partial charge in [-0.2, -0.15) is 0 Å². The summed E-state index contributed by atoms with van der Waals surface area (Å²) in [6.07, 6.45) is 0.569. The number of carboxylic acid groups (broad SMARTS) is 1. The van der Waals surface area contributed by atoms with Crippen LogP contribution in [0.5, 0.6) is 0 Å². The van der Waals surface area contributed by atoms with Gasteiger partial charge in [0, 0.05) is 10.8 Å². The highest BCUT2D eigenvalue weighted by atomic mass is 16.4. The van der Waals surface area contributed by atoms with Crippen LogP contribution >= 0.6 is 0 Å². The number of ketones is 2. The van der Waals surface area contributed by atoms with Gasteiger partial charge < -0.3 is 5.11 Å². The minimum absolute atomic E-state index is 0.100. The number of carboxylic acids is 1. The Bertz CT molecular complexity index is 409. The van der Waals surface area contributed by atoms with E-state index < -0.39 is 28.0 Å². The molecule has 0 radical (unpaired) electrons. The van der Waals surface area contributed by atoms with Crippen LogP contribution in [0.4, 0.5) is 0 Å². The molecule has 2 rings (SSSR count). The maximum atomic E-state index is 12.0. The first-order valence-corrected chi connectivity index (χ1v) is 5.50. The lowest BCUT2D eigenvalue weighted by Crippen LogP contribution is -2.58. The van der Waals surface area contributed by atoms with Crippen molar-refractivity contribution in [3.63, 3.8) is 0 Å². The number of aliphatic carboxylic acids is 1. The second-order valence-corrected chi connectivity index (χ2v) is 5.69. The highest BCUT2D eigenvalue weighted by molar-refractivity contribution is 6.16. The van der Waals surface area contributed by atoms with Gasteiger partial charge in [0.25, 0.3) is 0 Å². The fourth-order valence-electron chi connectivity index (χ4n) is 3.49. The van der Waals surface area contributed by atoms with Crippen LogP contribution in [0.3, 0.4) is 0 Å². The van der Waals surface area contributed by atoms with Crippen LogP contribution in [0.25, 0.3) is 0 Å². The van der Waals surface area contributed by atoms with E-state index in [-0.39, 0.29) is 18.6 Å². The van der Waals surface area contributed by atoms with Crippen molar-refractivity contribution < 1.29 is 19.5 Å². The zero-order valence-electron chi connectivity index (χ0n) is 9.79. The number of carbonyl (C=O) groups excluding carboxylic acids is 2.